The van der Waals surface area contributed by atoms with Gasteiger partial charge in [0.05, 0.1) is 6.61 Å². The molecular weight excluding hydrogens is 328 g/mol. The molecule has 0 radical (unpaired) electrons. The molecule has 136 valence electrons. The van der Waals surface area contributed by atoms with Crippen LogP contribution < -0.4 is 0 Å². The van der Waals surface area contributed by atoms with Gasteiger partial charge in [0.25, 0.3) is 0 Å². The van der Waals surface area contributed by atoms with E-state index in [1.165, 1.54) is 0 Å². The Morgan fingerprint density at radius 1 is 0.875 bits per heavy atom. The summed E-state index contributed by atoms with van der Waals surface area (Å²) in [4.78, 5) is 57.3. The Morgan fingerprint density at radius 2 is 1.33 bits per heavy atom. The minimum absolute atomic E-state index is 0.0161. The van der Waals surface area contributed by atoms with Crippen molar-refractivity contribution in [2.75, 3.05) is 6.61 Å². The van der Waals surface area contributed by atoms with Gasteiger partial charge in [-0.3, -0.25) is 24.0 Å². The predicted octanol–water partition coefficient (Wildman–Crippen LogP) is -1.10. The smallest absolute Gasteiger partial charge is 0.303 e. The molecule has 0 saturated carbocycles. The maximum Gasteiger partial charge on any atom is 0.303 e. The Labute approximate surface area is 143 Å². The van der Waals surface area contributed by atoms with Crippen molar-refractivity contribution in [2.45, 2.75) is 52.0 Å². The van der Waals surface area contributed by atoms with E-state index in [0.29, 0.717) is 0 Å². The van der Waals surface area contributed by atoms with Gasteiger partial charge in [-0.1, -0.05) is 0 Å². The Balaban J connectivity index is 6.02. The minimum atomic E-state index is -1.96. The molecule has 0 aliphatic rings. The summed E-state index contributed by atoms with van der Waals surface area (Å²) >= 11 is 0. The summed E-state index contributed by atoms with van der Waals surface area (Å²) in [6.07, 6.45) is -7.59. The lowest BCUT2D eigenvalue weighted by Gasteiger charge is -2.33. The molecule has 10 nitrogen and oxygen atoms in total. The average molecular weight is 352 g/mol. The van der Waals surface area contributed by atoms with Crippen LogP contribution in [0.2, 0.25) is 0 Å². The van der Waals surface area contributed by atoms with E-state index in [1.807, 2.05) is 0 Å². The van der Waals surface area contributed by atoms with Crippen LogP contribution in [-0.4, -0.2) is 66.3 Å². The number of carbonyl (C=O) groups excluding carboxylic acids is 5. The normalized spacial score (nSPS) is 17.4. The first-order valence-electron chi connectivity index (χ1n) is 9.11. The highest BCUT2D eigenvalue weighted by Crippen LogP contribution is 2.18. The summed E-state index contributed by atoms with van der Waals surface area (Å²) in [6.45, 7) is -4.67. The molecule has 0 aromatic rings. The lowest BCUT2D eigenvalue weighted by molar-refractivity contribution is -0.199. The van der Waals surface area contributed by atoms with E-state index in [4.69, 9.17) is 19.7 Å². The van der Waals surface area contributed by atoms with E-state index in [2.05, 4.69) is 4.74 Å². The van der Waals surface area contributed by atoms with Gasteiger partial charge >= 0.3 is 23.9 Å². The first-order valence-corrected chi connectivity index (χ1v) is 6.28. The van der Waals surface area contributed by atoms with Crippen LogP contribution in [0.15, 0.2) is 0 Å². The van der Waals surface area contributed by atoms with Crippen molar-refractivity contribution in [3.05, 3.63) is 0 Å². The lowest BCUT2D eigenvalue weighted by atomic mass is 10.0. The number of aldehydes is 1. The fourth-order valence-corrected chi connectivity index (χ4v) is 1.68. The molecule has 0 rings (SSSR count). The summed E-state index contributed by atoms with van der Waals surface area (Å²) in [7, 11) is 0. The number of hydrogen-bond acceptors (Lipinski definition) is 10. The van der Waals surface area contributed by atoms with Crippen molar-refractivity contribution < 1.29 is 53.5 Å². The molecule has 0 heterocycles. The van der Waals surface area contributed by atoms with E-state index in [-0.39, 0.29) is 6.29 Å². The van der Waals surface area contributed by atoms with Crippen molar-refractivity contribution >= 4 is 30.2 Å². The molecular formula is C14H20O10. The summed E-state index contributed by atoms with van der Waals surface area (Å²) in [5, 5.41) is 9.47. The Kier molecular flexibility index (Phi) is 6.47. The fourth-order valence-electron chi connectivity index (χ4n) is 1.68. The van der Waals surface area contributed by atoms with E-state index in [0.717, 1.165) is 0 Å². The van der Waals surface area contributed by atoms with E-state index in [9.17, 15) is 29.1 Å². The summed E-state index contributed by atoms with van der Waals surface area (Å²) in [6, 6.07) is 0. The van der Waals surface area contributed by atoms with Gasteiger partial charge in [-0.15, -0.1) is 0 Å². The third kappa shape index (κ3) is 7.68. The van der Waals surface area contributed by atoms with Crippen LogP contribution in [0.4, 0.5) is 0 Å². The second-order valence-electron chi connectivity index (χ2n) is 4.21. The van der Waals surface area contributed by atoms with Gasteiger partial charge in [0, 0.05) is 33.1 Å². The third-order valence-corrected chi connectivity index (χ3v) is 2.41. The number of ether oxygens (including phenoxy) is 4. The first-order chi connectivity index (χ1) is 13.3. The monoisotopic (exact) mass is 352 g/mol. The highest BCUT2D eigenvalue weighted by molar-refractivity contribution is 5.72. The Hall–Kier alpha value is -2.49. The molecule has 1 N–H and O–H groups in total. The number of aliphatic hydroxyl groups is 1. The van der Waals surface area contributed by atoms with Gasteiger partial charge in [0.2, 0.25) is 0 Å². The van der Waals surface area contributed by atoms with E-state index >= 15 is 0 Å². The van der Waals surface area contributed by atoms with Crippen molar-refractivity contribution in [2.24, 2.45) is 0 Å². The number of carbonyl (C=O) groups is 5. The van der Waals surface area contributed by atoms with Crippen LogP contribution in [0.1, 0.15) is 33.1 Å². The highest BCUT2D eigenvalue weighted by Gasteiger charge is 2.43. The predicted molar refractivity (Wildman–Crippen MR) is 75.4 cm³/mol. The molecule has 0 amide bonds. The zero-order valence-corrected chi connectivity index (χ0v) is 12.5. The number of esters is 4. The van der Waals surface area contributed by atoms with Gasteiger partial charge in [-0.25, -0.2) is 0 Å². The maximum absolute atomic E-state index is 11.6. The molecule has 0 unspecified atom stereocenters. The fraction of sp³-hybridized carbons (Fsp3) is 0.643. The lowest BCUT2D eigenvalue weighted by Crippen LogP contribution is -2.53. The van der Waals surface area contributed by atoms with Gasteiger partial charge in [0.15, 0.2) is 30.7 Å². The summed E-state index contributed by atoms with van der Waals surface area (Å²) in [5.74, 6) is -4.84. The molecule has 0 aromatic carbocycles. The van der Waals surface area contributed by atoms with Crippen molar-refractivity contribution in [1.29, 1.82) is 0 Å². The second-order valence-corrected chi connectivity index (χ2v) is 4.21. The average Bonchev–Trinajstić information content (AvgIpc) is 2.71. The minimum Gasteiger partial charge on any atom is -0.456 e. The van der Waals surface area contributed by atoms with Gasteiger partial charge in [-0.2, -0.15) is 0 Å². The van der Waals surface area contributed by atoms with Crippen LogP contribution >= 0.6 is 0 Å². The largest absolute Gasteiger partial charge is 0.456 e. The van der Waals surface area contributed by atoms with Crippen molar-refractivity contribution in [3.63, 3.8) is 0 Å². The molecule has 0 aromatic heterocycles. The number of hydrogen-bond donors (Lipinski definition) is 1. The zero-order chi connectivity index (χ0) is 21.7. The first kappa shape index (κ1) is 15.1. The molecule has 0 saturated heterocycles. The van der Waals surface area contributed by atoms with E-state index in [1.54, 1.807) is 0 Å². The second kappa shape index (κ2) is 10.3. The van der Waals surface area contributed by atoms with Crippen molar-refractivity contribution in [3.8, 4) is 0 Å². The highest BCUT2D eigenvalue weighted by atomic mass is 16.6. The standard InChI is InChI=1S/C14H20O10/c1-7(17)21-11(5-15)13(23-9(3)19)14(24-10(4)20)12(6-16)22-8(2)18/h5,11-14,16H,6H2,1-4H3/t11-,12+,13+,14-/m0/s1/i1D,2D,3D,4D. The zero-order valence-electron chi connectivity index (χ0n) is 16.5. The molecule has 0 spiro atoms. The third-order valence-electron chi connectivity index (χ3n) is 2.41. The topological polar surface area (TPSA) is 142 Å². The molecule has 0 aliphatic heterocycles. The van der Waals surface area contributed by atoms with Crippen LogP contribution in [0.3, 0.4) is 0 Å². The van der Waals surface area contributed by atoms with Crippen LogP contribution in [0, 0.1) is 0 Å². The molecule has 0 bridgehead atoms. The number of aliphatic hydroxyl groups excluding tert-OH is 1. The van der Waals surface area contributed by atoms with Crippen molar-refractivity contribution in [1.82, 2.24) is 0 Å². The quantitative estimate of drug-likeness (QED) is 0.309. The van der Waals surface area contributed by atoms with Gasteiger partial charge in [0.1, 0.15) is 0 Å². The molecule has 24 heavy (non-hydrogen) atoms. The molecule has 4 atom stereocenters. The van der Waals surface area contributed by atoms with Gasteiger partial charge in [-0.05, 0) is 0 Å². The number of rotatable bonds is 9. The summed E-state index contributed by atoms with van der Waals surface area (Å²) in [5.41, 5.74) is 0. The Morgan fingerprint density at radius 3 is 1.79 bits per heavy atom. The van der Waals surface area contributed by atoms with Crippen LogP contribution in [0.5, 0.6) is 0 Å². The molecule has 0 fully saturated rings. The Bertz CT molecular complexity index is 558. The van der Waals surface area contributed by atoms with Crippen LogP contribution in [0.25, 0.3) is 0 Å². The van der Waals surface area contributed by atoms with Gasteiger partial charge < -0.3 is 24.1 Å². The molecule has 10 heteroatoms. The maximum atomic E-state index is 11.6. The molecule has 0 aliphatic carbocycles. The van der Waals surface area contributed by atoms with Crippen LogP contribution in [-0.2, 0) is 42.9 Å². The summed E-state index contributed by atoms with van der Waals surface area (Å²) < 4.78 is 46.9. The SMILES string of the molecule is [2H]CC(=O)O[C@H]([C@H](OC(=O)C[2H])[C@H](C=O)OC(=O)C[2H])[C@@H](CO)OC(=O)C[2H]. The van der Waals surface area contributed by atoms with E-state index < -0.39 is 82.5 Å².